The summed E-state index contributed by atoms with van der Waals surface area (Å²) in [5.74, 6) is -0.623. The number of anilines is 1. The first-order valence-corrected chi connectivity index (χ1v) is 12.9. The minimum atomic E-state index is -0.420. The molecule has 1 aromatic carbocycles. The number of nitrogens with zero attached hydrogens (tertiary/aromatic N) is 3. The van der Waals surface area contributed by atoms with Crippen LogP contribution in [0.2, 0.25) is 0 Å². The first kappa shape index (κ1) is 25.3. The number of thiazole rings is 1. The highest BCUT2D eigenvalue weighted by Gasteiger charge is 2.33. The van der Waals surface area contributed by atoms with Gasteiger partial charge >= 0.3 is 0 Å². The second-order valence-electron chi connectivity index (χ2n) is 7.47. The zero-order chi connectivity index (χ0) is 24.6. The average Bonchev–Trinajstić information content (AvgIpc) is 3.46. The summed E-state index contributed by atoms with van der Waals surface area (Å²) in [7, 11) is 0. The Kier molecular flexibility index (Phi) is 8.82. The third-order valence-corrected chi connectivity index (χ3v) is 7.02. The largest absolute Gasteiger partial charge is 0.483 e. The van der Waals surface area contributed by atoms with Gasteiger partial charge in [0.2, 0.25) is 5.91 Å². The molecule has 2 fully saturated rings. The van der Waals surface area contributed by atoms with Crippen LogP contribution < -0.4 is 15.5 Å². The minimum absolute atomic E-state index is 0.218. The van der Waals surface area contributed by atoms with Crippen molar-refractivity contribution in [2.24, 2.45) is 0 Å². The molecule has 13 heteroatoms. The van der Waals surface area contributed by atoms with Gasteiger partial charge in [0.1, 0.15) is 5.75 Å². The van der Waals surface area contributed by atoms with Crippen molar-refractivity contribution in [3.8, 4) is 5.75 Å². The number of ether oxygens (including phenoxy) is 2. The van der Waals surface area contributed by atoms with Crippen LogP contribution in [0.4, 0.5) is 5.13 Å². The van der Waals surface area contributed by atoms with E-state index in [0.29, 0.717) is 41.1 Å². The molecule has 0 spiro atoms. The SMILES string of the molecule is O=C(COc1ccccc1C=C1SC(=S)N(NC(=O)CCN2CCOCC2)C1=O)Nc1nccs1. The van der Waals surface area contributed by atoms with Crippen LogP contribution in [0.25, 0.3) is 6.08 Å². The summed E-state index contributed by atoms with van der Waals surface area (Å²) in [6.45, 7) is 3.24. The van der Waals surface area contributed by atoms with Crippen LogP contribution in [0.1, 0.15) is 12.0 Å². The Hall–Kier alpha value is -2.84. The fourth-order valence-electron chi connectivity index (χ4n) is 3.29. The Labute approximate surface area is 215 Å². The maximum absolute atomic E-state index is 12.9. The van der Waals surface area contributed by atoms with Gasteiger partial charge in [0.05, 0.1) is 18.1 Å². The minimum Gasteiger partial charge on any atom is -0.483 e. The van der Waals surface area contributed by atoms with E-state index in [0.717, 1.165) is 29.9 Å². The Morgan fingerprint density at radius 2 is 2.03 bits per heavy atom. The molecule has 1 aromatic heterocycles. The van der Waals surface area contributed by atoms with E-state index in [2.05, 4.69) is 20.6 Å². The number of thiocarbonyl (C=S) groups is 1. The standard InChI is InChI=1S/C22H23N5O5S3/c28-18(5-7-26-8-10-31-11-9-26)25-27-20(30)17(35-22(27)33)13-15-3-1-2-4-16(15)32-14-19(29)24-21-23-6-12-34-21/h1-4,6,12-13H,5,7-11,14H2,(H,25,28)(H,23,24,29). The molecule has 2 aliphatic rings. The Morgan fingerprint density at radius 1 is 1.23 bits per heavy atom. The van der Waals surface area contributed by atoms with E-state index >= 15 is 0 Å². The summed E-state index contributed by atoms with van der Waals surface area (Å²) >= 11 is 7.70. The van der Waals surface area contributed by atoms with Crippen LogP contribution >= 0.6 is 35.3 Å². The van der Waals surface area contributed by atoms with Crippen molar-refractivity contribution in [1.29, 1.82) is 0 Å². The molecular weight excluding hydrogens is 510 g/mol. The van der Waals surface area contributed by atoms with Gasteiger partial charge in [-0.1, -0.05) is 30.0 Å². The van der Waals surface area contributed by atoms with Gasteiger partial charge in [-0.3, -0.25) is 30.0 Å². The topological polar surface area (TPSA) is 113 Å². The van der Waals surface area contributed by atoms with E-state index in [1.165, 1.54) is 11.3 Å². The van der Waals surface area contributed by atoms with Gasteiger partial charge in [0.15, 0.2) is 16.1 Å². The fourth-order valence-corrected chi connectivity index (χ4v) is 5.00. The summed E-state index contributed by atoms with van der Waals surface area (Å²) in [6.07, 6.45) is 3.47. The van der Waals surface area contributed by atoms with Gasteiger partial charge in [-0.15, -0.1) is 11.3 Å². The molecule has 4 rings (SSSR count). The predicted molar refractivity (Wildman–Crippen MR) is 138 cm³/mol. The normalized spacial score (nSPS) is 17.6. The molecule has 35 heavy (non-hydrogen) atoms. The summed E-state index contributed by atoms with van der Waals surface area (Å²) in [4.78, 5) is 43.9. The van der Waals surface area contributed by atoms with E-state index in [9.17, 15) is 14.4 Å². The molecule has 0 aliphatic carbocycles. The summed E-state index contributed by atoms with van der Waals surface area (Å²) in [5, 5.41) is 5.99. The van der Waals surface area contributed by atoms with Crippen molar-refractivity contribution in [2.45, 2.75) is 6.42 Å². The molecule has 10 nitrogen and oxygen atoms in total. The average molecular weight is 534 g/mol. The van der Waals surface area contributed by atoms with Crippen LogP contribution in [0, 0.1) is 0 Å². The van der Waals surface area contributed by atoms with Gasteiger partial charge in [-0.25, -0.2) is 4.98 Å². The van der Waals surface area contributed by atoms with Gasteiger partial charge in [-0.2, -0.15) is 5.01 Å². The fraction of sp³-hybridized carbons (Fsp3) is 0.318. The molecule has 0 atom stereocenters. The van der Waals surface area contributed by atoms with Crippen molar-refractivity contribution in [2.75, 3.05) is 44.8 Å². The smallest absolute Gasteiger partial charge is 0.285 e. The molecule has 3 heterocycles. The Morgan fingerprint density at radius 3 is 2.80 bits per heavy atom. The number of carbonyl (C=O) groups is 3. The third kappa shape index (κ3) is 7.08. The number of carbonyl (C=O) groups excluding carboxylic acids is 3. The van der Waals surface area contributed by atoms with Crippen LogP contribution in [-0.2, 0) is 19.1 Å². The summed E-state index contributed by atoms with van der Waals surface area (Å²) < 4.78 is 11.2. The molecule has 0 saturated carbocycles. The Balaban J connectivity index is 1.34. The van der Waals surface area contributed by atoms with Crippen molar-refractivity contribution < 1.29 is 23.9 Å². The van der Waals surface area contributed by atoms with Crippen molar-refractivity contribution in [3.05, 3.63) is 46.3 Å². The molecule has 2 N–H and O–H groups in total. The highest BCUT2D eigenvalue weighted by atomic mass is 32.2. The van der Waals surface area contributed by atoms with E-state index in [-0.39, 0.29) is 29.2 Å². The molecule has 2 aliphatic heterocycles. The van der Waals surface area contributed by atoms with E-state index < -0.39 is 5.91 Å². The third-order valence-electron chi connectivity index (χ3n) is 5.03. The quantitative estimate of drug-likeness (QED) is 0.370. The summed E-state index contributed by atoms with van der Waals surface area (Å²) in [5.41, 5.74) is 3.21. The van der Waals surface area contributed by atoms with Gasteiger partial charge in [-0.05, 0) is 24.4 Å². The molecule has 0 radical (unpaired) electrons. The number of hydrogen-bond donors (Lipinski definition) is 2. The number of para-hydroxylation sites is 1. The molecule has 184 valence electrons. The molecule has 2 saturated heterocycles. The predicted octanol–water partition coefficient (Wildman–Crippen LogP) is 2.12. The Bertz CT molecular complexity index is 1120. The highest BCUT2D eigenvalue weighted by molar-refractivity contribution is 8.26. The number of thioether (sulfide) groups is 1. The van der Waals surface area contributed by atoms with Gasteiger partial charge < -0.3 is 9.47 Å². The summed E-state index contributed by atoms with van der Waals surface area (Å²) in [6, 6.07) is 7.03. The zero-order valence-corrected chi connectivity index (χ0v) is 21.0. The second kappa shape index (κ2) is 12.2. The second-order valence-corrected chi connectivity index (χ2v) is 10.0. The van der Waals surface area contributed by atoms with Crippen LogP contribution in [0.5, 0.6) is 5.75 Å². The van der Waals surface area contributed by atoms with Crippen molar-refractivity contribution in [1.82, 2.24) is 20.3 Å². The van der Waals surface area contributed by atoms with Crippen molar-refractivity contribution >= 4 is 68.6 Å². The van der Waals surface area contributed by atoms with Crippen LogP contribution in [0.3, 0.4) is 0 Å². The van der Waals surface area contributed by atoms with E-state index in [1.807, 2.05) is 0 Å². The van der Waals surface area contributed by atoms with Crippen LogP contribution in [-0.4, -0.2) is 76.4 Å². The molecular formula is C22H23N5O5S3. The maximum Gasteiger partial charge on any atom is 0.285 e. The van der Waals surface area contributed by atoms with Crippen LogP contribution in [0.15, 0.2) is 40.7 Å². The number of hydrazine groups is 1. The van der Waals surface area contributed by atoms with Gasteiger partial charge in [0.25, 0.3) is 11.8 Å². The molecule has 0 unspecified atom stereocenters. The molecule has 3 amide bonds. The van der Waals surface area contributed by atoms with Gasteiger partial charge in [0, 0.05) is 43.2 Å². The number of aromatic nitrogens is 1. The molecule has 0 bridgehead atoms. The maximum atomic E-state index is 12.9. The highest BCUT2D eigenvalue weighted by Crippen LogP contribution is 2.33. The number of nitrogens with one attached hydrogen (secondary N) is 2. The lowest BCUT2D eigenvalue weighted by Gasteiger charge is -2.26. The zero-order valence-electron chi connectivity index (χ0n) is 18.6. The lowest BCUT2D eigenvalue weighted by Crippen LogP contribution is -2.46. The lowest BCUT2D eigenvalue weighted by atomic mass is 10.2. The first-order valence-electron chi connectivity index (χ1n) is 10.8. The number of hydrogen-bond acceptors (Lipinski definition) is 10. The number of morpholine rings is 1. The van der Waals surface area contributed by atoms with Crippen molar-refractivity contribution in [3.63, 3.8) is 0 Å². The molecule has 2 aromatic rings. The first-order chi connectivity index (χ1) is 17.0. The monoisotopic (exact) mass is 533 g/mol. The van der Waals surface area contributed by atoms with E-state index in [1.54, 1.807) is 41.9 Å². The number of rotatable bonds is 9. The van der Waals surface area contributed by atoms with E-state index in [4.69, 9.17) is 21.7 Å². The number of amides is 3. The number of benzene rings is 1. The lowest BCUT2D eigenvalue weighted by molar-refractivity contribution is -0.133.